The van der Waals surface area contributed by atoms with E-state index in [0.29, 0.717) is 0 Å². The van der Waals surface area contributed by atoms with Crippen molar-refractivity contribution in [1.29, 1.82) is 0 Å². The topological polar surface area (TPSA) is 8.17 Å². The molecule has 0 radical (unpaired) electrons. The SMILES string of the molecule is c1ccc(-c2ccc(-c3cccc(N(c4ccc(-c5ccc6c(c5)c5ccccc5n6-c5ccc6ccccc6c5)cc4)c4cc5ccccc5c5ccccc45)c3)cc2)cc1. The molecule has 12 aromatic rings. The fourth-order valence-electron chi connectivity index (χ4n) is 9.51. The van der Waals surface area contributed by atoms with Crippen molar-refractivity contribution >= 4 is 71.2 Å². The number of hydrogen-bond donors (Lipinski definition) is 0. The summed E-state index contributed by atoms with van der Waals surface area (Å²) in [6.45, 7) is 0. The van der Waals surface area contributed by atoms with Crippen molar-refractivity contribution in [3.63, 3.8) is 0 Å². The summed E-state index contributed by atoms with van der Waals surface area (Å²) >= 11 is 0. The van der Waals surface area contributed by atoms with E-state index in [0.717, 1.165) is 17.1 Å². The Balaban J connectivity index is 0.974. The van der Waals surface area contributed by atoms with Crippen molar-refractivity contribution in [3.8, 4) is 39.1 Å². The monoisotopic (exact) mass is 788 g/mol. The fraction of sp³-hybridized carbons (Fsp3) is 0. The molecule has 0 N–H and O–H groups in total. The number of nitrogens with zero attached hydrogens (tertiary/aromatic N) is 2. The molecule has 0 amide bonds. The van der Waals surface area contributed by atoms with Crippen molar-refractivity contribution in [3.05, 3.63) is 243 Å². The summed E-state index contributed by atoms with van der Waals surface area (Å²) in [6, 6.07) is 88.5. The van der Waals surface area contributed by atoms with Gasteiger partial charge in [0.2, 0.25) is 0 Å². The highest BCUT2D eigenvalue weighted by Crippen LogP contribution is 2.44. The lowest BCUT2D eigenvalue weighted by Gasteiger charge is -2.28. The van der Waals surface area contributed by atoms with Crippen LogP contribution in [0.25, 0.3) is 93.2 Å². The third kappa shape index (κ3) is 6.12. The third-order valence-corrected chi connectivity index (χ3v) is 12.5. The summed E-state index contributed by atoms with van der Waals surface area (Å²) < 4.78 is 2.40. The van der Waals surface area contributed by atoms with Crippen LogP contribution in [-0.4, -0.2) is 4.57 Å². The third-order valence-electron chi connectivity index (χ3n) is 12.5. The molecule has 0 bridgehead atoms. The highest BCUT2D eigenvalue weighted by atomic mass is 15.1. The smallest absolute Gasteiger partial charge is 0.0546 e. The Morgan fingerprint density at radius 1 is 0.258 bits per heavy atom. The number of benzene rings is 11. The van der Waals surface area contributed by atoms with Crippen molar-refractivity contribution in [2.45, 2.75) is 0 Å². The van der Waals surface area contributed by atoms with E-state index in [1.165, 1.54) is 93.2 Å². The van der Waals surface area contributed by atoms with Crippen LogP contribution in [-0.2, 0) is 0 Å². The summed E-state index contributed by atoms with van der Waals surface area (Å²) in [5.74, 6) is 0. The number of anilines is 3. The Morgan fingerprint density at radius 3 is 1.60 bits per heavy atom. The van der Waals surface area contributed by atoms with Crippen LogP contribution in [0, 0.1) is 0 Å². The minimum Gasteiger partial charge on any atom is -0.310 e. The Morgan fingerprint density at radius 2 is 0.806 bits per heavy atom. The van der Waals surface area contributed by atoms with Gasteiger partial charge in [-0.3, -0.25) is 0 Å². The standard InChI is InChI=1S/C60H40N2/c1-2-13-41(14-3-1)43-25-27-44(28-26-43)47-18-12-19-51(37-47)61(60-40-49-17-6-7-20-53(49)54-21-8-9-22-55(54)60)50-33-29-45(30-34-50)48-32-36-59-57(39-48)56-23-10-11-24-58(56)62(59)52-35-31-42-15-4-5-16-46(42)38-52/h1-40H. The van der Waals surface area contributed by atoms with Gasteiger partial charge in [-0.25, -0.2) is 0 Å². The van der Waals surface area contributed by atoms with E-state index in [-0.39, 0.29) is 0 Å². The zero-order chi connectivity index (χ0) is 41.0. The molecule has 1 heterocycles. The van der Waals surface area contributed by atoms with Crippen LogP contribution in [0.2, 0.25) is 0 Å². The maximum atomic E-state index is 2.43. The molecule has 11 aromatic carbocycles. The van der Waals surface area contributed by atoms with Gasteiger partial charge >= 0.3 is 0 Å². The van der Waals surface area contributed by atoms with E-state index in [2.05, 4.69) is 252 Å². The number of rotatable bonds is 7. The molecule has 12 rings (SSSR count). The second-order valence-electron chi connectivity index (χ2n) is 16.2. The lowest BCUT2D eigenvalue weighted by atomic mass is 9.97. The van der Waals surface area contributed by atoms with Gasteiger partial charge in [0.1, 0.15) is 0 Å². The van der Waals surface area contributed by atoms with Crippen LogP contribution < -0.4 is 4.90 Å². The van der Waals surface area contributed by atoms with Crippen LogP contribution in [0.3, 0.4) is 0 Å². The van der Waals surface area contributed by atoms with Gasteiger partial charge in [-0.1, -0.05) is 182 Å². The molecule has 0 aliphatic carbocycles. The number of aromatic nitrogens is 1. The quantitative estimate of drug-likeness (QED) is 0.146. The normalized spacial score (nSPS) is 11.5. The van der Waals surface area contributed by atoms with Gasteiger partial charge < -0.3 is 9.47 Å². The first-order valence-electron chi connectivity index (χ1n) is 21.3. The van der Waals surface area contributed by atoms with Crippen LogP contribution in [0.5, 0.6) is 0 Å². The first kappa shape index (κ1) is 35.7. The molecule has 2 heteroatoms. The van der Waals surface area contributed by atoms with Gasteiger partial charge in [0.05, 0.1) is 16.7 Å². The highest BCUT2D eigenvalue weighted by Gasteiger charge is 2.19. The van der Waals surface area contributed by atoms with Crippen LogP contribution >= 0.6 is 0 Å². The second-order valence-corrected chi connectivity index (χ2v) is 16.2. The molecule has 0 atom stereocenters. The van der Waals surface area contributed by atoms with Gasteiger partial charge in [0, 0.05) is 33.2 Å². The molecule has 0 aliphatic heterocycles. The molecular formula is C60H40N2. The Bertz CT molecular complexity index is 3620. The average Bonchev–Trinajstić information content (AvgIpc) is 3.68. The molecule has 0 aliphatic rings. The Labute approximate surface area is 360 Å². The zero-order valence-electron chi connectivity index (χ0n) is 34.0. The maximum absolute atomic E-state index is 2.43. The molecule has 1 aromatic heterocycles. The summed E-state index contributed by atoms with van der Waals surface area (Å²) in [4.78, 5) is 2.43. The summed E-state index contributed by atoms with van der Waals surface area (Å²) in [6.07, 6.45) is 0. The molecule has 290 valence electrons. The second kappa shape index (κ2) is 14.8. The zero-order valence-corrected chi connectivity index (χ0v) is 34.0. The van der Waals surface area contributed by atoms with Crippen LogP contribution in [0.15, 0.2) is 243 Å². The minimum absolute atomic E-state index is 1.10. The van der Waals surface area contributed by atoms with Crippen molar-refractivity contribution in [2.24, 2.45) is 0 Å². The predicted molar refractivity (Wildman–Crippen MR) is 264 cm³/mol. The lowest BCUT2D eigenvalue weighted by Crippen LogP contribution is -2.10. The van der Waals surface area contributed by atoms with E-state index >= 15 is 0 Å². The molecule has 0 spiro atoms. The van der Waals surface area contributed by atoms with Crippen LogP contribution in [0.1, 0.15) is 0 Å². The molecule has 0 fully saturated rings. The van der Waals surface area contributed by atoms with Crippen LogP contribution in [0.4, 0.5) is 17.1 Å². The highest BCUT2D eigenvalue weighted by molar-refractivity contribution is 6.15. The van der Waals surface area contributed by atoms with Gasteiger partial charge in [0.15, 0.2) is 0 Å². The fourth-order valence-corrected chi connectivity index (χ4v) is 9.51. The maximum Gasteiger partial charge on any atom is 0.0546 e. The van der Waals surface area contributed by atoms with Gasteiger partial charge in [-0.15, -0.1) is 0 Å². The summed E-state index contributed by atoms with van der Waals surface area (Å²) in [5.41, 5.74) is 14.1. The van der Waals surface area contributed by atoms with E-state index in [1.807, 2.05) is 0 Å². The minimum atomic E-state index is 1.10. The number of fused-ring (bicyclic) bond motifs is 7. The van der Waals surface area contributed by atoms with Crippen molar-refractivity contribution in [1.82, 2.24) is 4.57 Å². The van der Waals surface area contributed by atoms with E-state index in [9.17, 15) is 0 Å². The molecule has 0 saturated heterocycles. The number of para-hydroxylation sites is 1. The van der Waals surface area contributed by atoms with E-state index in [4.69, 9.17) is 0 Å². The van der Waals surface area contributed by atoms with Gasteiger partial charge in [-0.05, 0) is 121 Å². The van der Waals surface area contributed by atoms with Gasteiger partial charge in [0.25, 0.3) is 0 Å². The molecular weight excluding hydrogens is 749 g/mol. The summed E-state index contributed by atoms with van der Waals surface area (Å²) in [5, 5.41) is 9.90. The van der Waals surface area contributed by atoms with E-state index < -0.39 is 0 Å². The molecule has 0 saturated carbocycles. The van der Waals surface area contributed by atoms with Crippen molar-refractivity contribution < 1.29 is 0 Å². The van der Waals surface area contributed by atoms with E-state index in [1.54, 1.807) is 0 Å². The molecule has 62 heavy (non-hydrogen) atoms. The number of hydrogen-bond acceptors (Lipinski definition) is 1. The average molecular weight is 789 g/mol. The molecule has 2 nitrogen and oxygen atoms in total. The largest absolute Gasteiger partial charge is 0.310 e. The Kier molecular flexibility index (Phi) is 8.53. The first-order valence-corrected chi connectivity index (χ1v) is 21.3. The predicted octanol–water partition coefficient (Wildman–Crippen LogP) is 16.7. The summed E-state index contributed by atoms with van der Waals surface area (Å²) in [7, 11) is 0. The Hall–Kier alpha value is -8.20. The van der Waals surface area contributed by atoms with Gasteiger partial charge in [-0.2, -0.15) is 0 Å². The first-order chi connectivity index (χ1) is 30.7. The molecule has 0 unspecified atom stereocenters. The lowest BCUT2D eigenvalue weighted by molar-refractivity contribution is 1.19. The van der Waals surface area contributed by atoms with Crippen molar-refractivity contribution in [2.75, 3.05) is 4.90 Å².